The van der Waals surface area contributed by atoms with E-state index in [1.807, 2.05) is 0 Å². The molecule has 1 aliphatic rings. The van der Waals surface area contributed by atoms with Gasteiger partial charge in [-0.2, -0.15) is 0 Å². The lowest BCUT2D eigenvalue weighted by atomic mass is 10.0. The minimum Gasteiger partial charge on any atom is -0.484 e. The Morgan fingerprint density at radius 3 is 2.74 bits per heavy atom. The number of anilines is 1. The van der Waals surface area contributed by atoms with Crippen molar-refractivity contribution in [2.24, 2.45) is 0 Å². The zero-order chi connectivity index (χ0) is 14.1. The highest BCUT2D eigenvalue weighted by atomic mass is 16.5. The number of nitrogens with one attached hydrogen (secondary N) is 2. The summed E-state index contributed by atoms with van der Waals surface area (Å²) in [6, 6.07) is 6.44. The Bertz CT molecular complexity index is 447. The first-order chi connectivity index (χ1) is 8.75. The molecule has 0 spiro atoms. The zero-order valence-electron chi connectivity index (χ0n) is 12.8. The average Bonchev–Trinajstić information content (AvgIpc) is 2.27. The van der Waals surface area contributed by atoms with Crippen LogP contribution in [0.5, 0.6) is 5.75 Å². The van der Waals surface area contributed by atoms with E-state index >= 15 is 0 Å². The third kappa shape index (κ3) is 4.13. The number of fused-ring (bicyclic) bond motifs is 1. The summed E-state index contributed by atoms with van der Waals surface area (Å²) in [5.74, 6) is 0.962. The van der Waals surface area contributed by atoms with Crippen molar-refractivity contribution in [3.05, 3.63) is 23.8 Å². The Morgan fingerprint density at radius 2 is 2.05 bits per heavy atom. The third-order valence-electron chi connectivity index (χ3n) is 3.20. The first-order valence-corrected chi connectivity index (χ1v) is 7.06. The van der Waals surface area contributed by atoms with E-state index < -0.39 is 0 Å². The topological polar surface area (TPSA) is 33.3 Å². The van der Waals surface area contributed by atoms with Gasteiger partial charge in [0, 0.05) is 5.54 Å². The van der Waals surface area contributed by atoms with Crippen molar-refractivity contribution < 1.29 is 4.74 Å². The molecule has 2 N–H and O–H groups in total. The number of rotatable bonds is 3. The van der Waals surface area contributed by atoms with Crippen LogP contribution in [0.1, 0.15) is 40.2 Å². The maximum Gasteiger partial charge on any atom is 0.143 e. The van der Waals surface area contributed by atoms with Gasteiger partial charge in [0.2, 0.25) is 0 Å². The van der Waals surface area contributed by atoms with Gasteiger partial charge >= 0.3 is 0 Å². The molecule has 0 aromatic heterocycles. The molecule has 0 amide bonds. The Hall–Kier alpha value is -1.22. The summed E-state index contributed by atoms with van der Waals surface area (Å²) in [4.78, 5) is 0. The maximum absolute atomic E-state index is 5.95. The molecule has 1 aromatic carbocycles. The lowest BCUT2D eigenvalue weighted by Gasteiger charge is -2.33. The molecular formula is C16H26N2O. The summed E-state index contributed by atoms with van der Waals surface area (Å²) in [5, 5.41) is 6.97. The van der Waals surface area contributed by atoms with Gasteiger partial charge in [-0.1, -0.05) is 6.07 Å². The van der Waals surface area contributed by atoms with E-state index in [0.717, 1.165) is 30.9 Å². The minimum atomic E-state index is -0.123. The van der Waals surface area contributed by atoms with E-state index in [0.29, 0.717) is 0 Å². The fourth-order valence-electron chi connectivity index (χ4n) is 2.18. The second kappa shape index (κ2) is 5.04. The molecule has 106 valence electrons. The van der Waals surface area contributed by atoms with Gasteiger partial charge in [0.1, 0.15) is 11.4 Å². The number of benzene rings is 1. The van der Waals surface area contributed by atoms with Crippen LogP contribution in [-0.2, 0) is 6.42 Å². The molecule has 19 heavy (non-hydrogen) atoms. The minimum absolute atomic E-state index is 0.123. The third-order valence-corrected chi connectivity index (χ3v) is 3.20. The molecule has 0 atom stereocenters. The van der Waals surface area contributed by atoms with Crippen molar-refractivity contribution in [2.45, 2.75) is 52.2 Å². The molecule has 0 saturated heterocycles. The van der Waals surface area contributed by atoms with Gasteiger partial charge in [0.15, 0.2) is 0 Å². The standard InChI is InChI=1S/C16H26N2O/c1-15(2,3)18-9-8-12-6-7-14-13(10-12)17-11-16(4,5)19-14/h6-7,10,17-18H,8-9,11H2,1-5H3. The fourth-order valence-corrected chi connectivity index (χ4v) is 2.18. The first kappa shape index (κ1) is 14.2. The molecule has 0 aliphatic carbocycles. The van der Waals surface area contributed by atoms with Crippen molar-refractivity contribution in [3.63, 3.8) is 0 Å². The highest BCUT2D eigenvalue weighted by Crippen LogP contribution is 2.33. The number of ether oxygens (including phenoxy) is 1. The second-order valence-corrected chi connectivity index (χ2v) is 6.97. The normalized spacial score (nSPS) is 17.3. The largest absolute Gasteiger partial charge is 0.484 e. The van der Waals surface area contributed by atoms with Gasteiger partial charge in [-0.05, 0) is 65.3 Å². The van der Waals surface area contributed by atoms with Gasteiger partial charge in [-0.25, -0.2) is 0 Å². The predicted molar refractivity (Wildman–Crippen MR) is 81.1 cm³/mol. The van der Waals surface area contributed by atoms with E-state index in [2.05, 4.69) is 63.5 Å². The van der Waals surface area contributed by atoms with Gasteiger partial charge < -0.3 is 15.4 Å². The molecule has 2 rings (SSSR count). The van der Waals surface area contributed by atoms with E-state index in [1.165, 1.54) is 5.56 Å². The maximum atomic E-state index is 5.95. The number of hydrogen-bond acceptors (Lipinski definition) is 3. The molecule has 3 heteroatoms. The van der Waals surface area contributed by atoms with Crippen LogP contribution < -0.4 is 15.4 Å². The Morgan fingerprint density at radius 1 is 1.32 bits per heavy atom. The SMILES string of the molecule is CC(C)(C)NCCc1ccc2c(c1)NCC(C)(C)O2. The Labute approximate surface area is 116 Å². The molecule has 0 radical (unpaired) electrons. The van der Waals surface area contributed by atoms with E-state index in [-0.39, 0.29) is 11.1 Å². The van der Waals surface area contributed by atoms with Crippen LogP contribution in [0.15, 0.2) is 18.2 Å². The lowest BCUT2D eigenvalue weighted by Crippen LogP contribution is -2.40. The second-order valence-electron chi connectivity index (χ2n) is 6.97. The molecule has 0 bridgehead atoms. The van der Waals surface area contributed by atoms with Gasteiger partial charge in [-0.3, -0.25) is 0 Å². The summed E-state index contributed by atoms with van der Waals surface area (Å²) in [7, 11) is 0. The van der Waals surface area contributed by atoms with Crippen molar-refractivity contribution in [3.8, 4) is 5.75 Å². The zero-order valence-corrected chi connectivity index (χ0v) is 12.8. The predicted octanol–water partition coefficient (Wildman–Crippen LogP) is 3.20. The Kier molecular flexibility index (Phi) is 3.77. The molecule has 0 unspecified atom stereocenters. The van der Waals surface area contributed by atoms with Crippen LogP contribution in [0.25, 0.3) is 0 Å². The summed E-state index contributed by atoms with van der Waals surface area (Å²) < 4.78 is 5.95. The summed E-state index contributed by atoms with van der Waals surface area (Å²) in [5.41, 5.74) is 2.51. The summed E-state index contributed by atoms with van der Waals surface area (Å²) in [6.45, 7) is 12.6. The van der Waals surface area contributed by atoms with Crippen LogP contribution in [0.4, 0.5) is 5.69 Å². The van der Waals surface area contributed by atoms with E-state index in [1.54, 1.807) is 0 Å². The van der Waals surface area contributed by atoms with Crippen LogP contribution in [0, 0.1) is 0 Å². The van der Waals surface area contributed by atoms with Crippen LogP contribution >= 0.6 is 0 Å². The quantitative estimate of drug-likeness (QED) is 0.877. The van der Waals surface area contributed by atoms with Crippen LogP contribution in [-0.4, -0.2) is 24.2 Å². The van der Waals surface area contributed by atoms with Gasteiger partial charge in [0.25, 0.3) is 0 Å². The van der Waals surface area contributed by atoms with E-state index in [9.17, 15) is 0 Å². The number of hydrogen-bond donors (Lipinski definition) is 2. The highest BCUT2D eigenvalue weighted by Gasteiger charge is 2.26. The molecule has 0 fully saturated rings. The van der Waals surface area contributed by atoms with Gasteiger partial charge in [-0.15, -0.1) is 0 Å². The van der Waals surface area contributed by atoms with Crippen LogP contribution in [0.3, 0.4) is 0 Å². The molecule has 1 aromatic rings. The summed E-state index contributed by atoms with van der Waals surface area (Å²) >= 11 is 0. The van der Waals surface area contributed by atoms with Crippen molar-refractivity contribution in [1.82, 2.24) is 5.32 Å². The fraction of sp³-hybridized carbons (Fsp3) is 0.625. The van der Waals surface area contributed by atoms with Gasteiger partial charge in [0.05, 0.1) is 12.2 Å². The van der Waals surface area contributed by atoms with Crippen molar-refractivity contribution in [1.29, 1.82) is 0 Å². The summed E-state index contributed by atoms with van der Waals surface area (Å²) in [6.07, 6.45) is 1.04. The van der Waals surface area contributed by atoms with Crippen molar-refractivity contribution in [2.75, 3.05) is 18.4 Å². The van der Waals surface area contributed by atoms with E-state index in [4.69, 9.17) is 4.74 Å². The Balaban J connectivity index is 1.98. The lowest BCUT2D eigenvalue weighted by molar-refractivity contribution is 0.116. The molecule has 1 aliphatic heterocycles. The molecule has 1 heterocycles. The molecular weight excluding hydrogens is 236 g/mol. The smallest absolute Gasteiger partial charge is 0.143 e. The molecule has 0 saturated carbocycles. The monoisotopic (exact) mass is 262 g/mol. The van der Waals surface area contributed by atoms with Crippen LogP contribution in [0.2, 0.25) is 0 Å². The first-order valence-electron chi connectivity index (χ1n) is 7.06. The molecule has 3 nitrogen and oxygen atoms in total. The van der Waals surface area contributed by atoms with Crippen molar-refractivity contribution >= 4 is 5.69 Å². The highest BCUT2D eigenvalue weighted by molar-refractivity contribution is 5.60. The average molecular weight is 262 g/mol.